The van der Waals surface area contributed by atoms with Gasteiger partial charge in [0.2, 0.25) is 11.3 Å². The third kappa shape index (κ3) is 5.46. The predicted molar refractivity (Wildman–Crippen MR) is 126 cm³/mol. The smallest absolute Gasteiger partial charge is 0.247 e. The number of hydrogen-bond donors (Lipinski definition) is 2. The van der Waals surface area contributed by atoms with E-state index >= 15 is 0 Å². The molecule has 1 aromatic carbocycles. The number of ketones is 1. The number of H-pyrrole nitrogens is 1. The van der Waals surface area contributed by atoms with E-state index in [1.807, 2.05) is 24.3 Å². The molecule has 3 aromatic rings. The van der Waals surface area contributed by atoms with E-state index in [4.69, 9.17) is 11.6 Å². The second kappa shape index (κ2) is 9.13. The van der Waals surface area contributed by atoms with Crippen molar-refractivity contribution in [2.75, 3.05) is 5.09 Å². The van der Waals surface area contributed by atoms with Crippen molar-refractivity contribution in [1.29, 1.82) is 0 Å². The summed E-state index contributed by atoms with van der Waals surface area (Å²) >= 11 is 6.13. The number of nitrogens with zero attached hydrogens (tertiary/aromatic N) is 1. The van der Waals surface area contributed by atoms with Gasteiger partial charge in [-0.05, 0) is 23.1 Å². The molecule has 8 heteroatoms. The largest absolute Gasteiger partial charge is 0.353 e. The maximum absolute atomic E-state index is 13.0. The summed E-state index contributed by atoms with van der Waals surface area (Å²) in [7, 11) is -1.46. The molecular weight excluding hydrogens is 433 g/mol. The summed E-state index contributed by atoms with van der Waals surface area (Å²) in [5.74, 6) is -0.392. The zero-order valence-corrected chi connectivity index (χ0v) is 19.3. The van der Waals surface area contributed by atoms with Crippen molar-refractivity contribution in [3.8, 4) is 0 Å². The third-order valence-electron chi connectivity index (χ3n) is 4.65. The van der Waals surface area contributed by atoms with Gasteiger partial charge in [-0.15, -0.1) is 0 Å². The molecule has 160 valence electrons. The molecule has 0 saturated heterocycles. The minimum absolute atomic E-state index is 0.00193. The molecule has 1 atom stereocenters. The van der Waals surface area contributed by atoms with Crippen molar-refractivity contribution in [2.45, 2.75) is 33.1 Å². The molecule has 2 heterocycles. The average molecular weight is 456 g/mol. The first-order valence-corrected chi connectivity index (χ1v) is 11.3. The van der Waals surface area contributed by atoms with E-state index in [1.165, 1.54) is 31.5 Å². The Bertz CT molecular complexity index is 1160. The lowest BCUT2D eigenvalue weighted by Gasteiger charge is -2.22. The van der Waals surface area contributed by atoms with Gasteiger partial charge in [0.25, 0.3) is 0 Å². The van der Waals surface area contributed by atoms with Gasteiger partial charge in [0.1, 0.15) is 5.69 Å². The number of carbonyl (C=O) groups excluding carboxylic acids is 2. The first-order chi connectivity index (χ1) is 14.6. The molecule has 0 spiro atoms. The Hall–Kier alpha value is -2.82. The number of pyridine rings is 2. The van der Waals surface area contributed by atoms with Crippen LogP contribution in [-0.2, 0) is 10.2 Å². The van der Waals surface area contributed by atoms with Gasteiger partial charge < -0.3 is 10.1 Å². The molecule has 2 aromatic heterocycles. The highest BCUT2D eigenvalue weighted by atomic mass is 35.5. The zero-order chi connectivity index (χ0) is 22.8. The van der Waals surface area contributed by atoms with E-state index in [-0.39, 0.29) is 27.8 Å². The van der Waals surface area contributed by atoms with Crippen LogP contribution in [0.3, 0.4) is 0 Å². The standard InChI is InChI=1S/C23H23ClN3O3P/c1-14(28)31(18-8-6-16(7-9-18)23(2,3)4)27-19-11-17(24)13-26-21(19)22(30)15-5-10-20(29)25-12-15/h5-13,27H,1-4H3,(H,25,29). The number of rotatable bonds is 6. The molecule has 0 saturated carbocycles. The summed E-state index contributed by atoms with van der Waals surface area (Å²) in [4.78, 5) is 43.5. The third-order valence-corrected chi connectivity index (χ3v) is 6.77. The Morgan fingerprint density at radius 3 is 2.32 bits per heavy atom. The summed E-state index contributed by atoms with van der Waals surface area (Å²) in [6.45, 7) is 7.89. The fourth-order valence-electron chi connectivity index (χ4n) is 2.95. The van der Waals surface area contributed by atoms with Gasteiger partial charge in [-0.1, -0.05) is 56.6 Å². The molecule has 0 radical (unpaired) electrons. The van der Waals surface area contributed by atoms with E-state index in [2.05, 4.69) is 35.8 Å². The molecule has 31 heavy (non-hydrogen) atoms. The average Bonchev–Trinajstić information content (AvgIpc) is 2.71. The number of aromatic amines is 1. The molecule has 0 fully saturated rings. The highest BCUT2D eigenvalue weighted by Crippen LogP contribution is 2.38. The van der Waals surface area contributed by atoms with Gasteiger partial charge in [0, 0.05) is 36.3 Å². The van der Waals surface area contributed by atoms with E-state index in [0.717, 1.165) is 10.9 Å². The predicted octanol–water partition coefficient (Wildman–Crippen LogP) is 4.63. The highest BCUT2D eigenvalue weighted by Gasteiger charge is 2.23. The summed E-state index contributed by atoms with van der Waals surface area (Å²) in [5, 5.41) is 4.37. The molecule has 1 unspecified atom stereocenters. The van der Waals surface area contributed by atoms with Crippen molar-refractivity contribution in [3.05, 3.63) is 87.1 Å². The number of benzene rings is 1. The van der Waals surface area contributed by atoms with Crippen molar-refractivity contribution in [3.63, 3.8) is 0 Å². The van der Waals surface area contributed by atoms with Crippen LogP contribution in [0.15, 0.2) is 59.7 Å². The fourth-order valence-corrected chi connectivity index (χ4v) is 4.62. The quantitative estimate of drug-likeness (QED) is 0.417. The van der Waals surface area contributed by atoms with Crippen LogP contribution >= 0.6 is 19.7 Å². The van der Waals surface area contributed by atoms with E-state index in [9.17, 15) is 14.4 Å². The summed E-state index contributed by atoms with van der Waals surface area (Å²) in [6.07, 6.45) is 2.71. The number of nitrogens with one attached hydrogen (secondary N) is 2. The lowest BCUT2D eigenvalue weighted by molar-refractivity contribution is -0.109. The maximum atomic E-state index is 13.0. The first-order valence-electron chi connectivity index (χ1n) is 9.63. The number of aromatic nitrogens is 2. The van der Waals surface area contributed by atoms with Gasteiger partial charge in [-0.3, -0.25) is 14.4 Å². The van der Waals surface area contributed by atoms with Crippen LogP contribution in [0, 0.1) is 0 Å². The van der Waals surface area contributed by atoms with E-state index in [0.29, 0.717) is 10.7 Å². The number of carbonyl (C=O) groups is 2. The van der Waals surface area contributed by atoms with Crippen LogP contribution < -0.4 is 16.0 Å². The highest BCUT2D eigenvalue weighted by molar-refractivity contribution is 7.82. The van der Waals surface area contributed by atoms with Gasteiger partial charge in [-0.2, -0.15) is 0 Å². The van der Waals surface area contributed by atoms with Crippen LogP contribution in [0.5, 0.6) is 0 Å². The molecule has 0 amide bonds. The summed E-state index contributed by atoms with van der Waals surface area (Å²) in [5.41, 5.74) is 1.56. The molecule has 0 aliphatic carbocycles. The Kier molecular flexibility index (Phi) is 6.73. The van der Waals surface area contributed by atoms with Crippen molar-refractivity contribution < 1.29 is 9.59 Å². The van der Waals surface area contributed by atoms with Gasteiger partial charge >= 0.3 is 0 Å². The van der Waals surface area contributed by atoms with E-state index in [1.54, 1.807) is 6.07 Å². The zero-order valence-electron chi connectivity index (χ0n) is 17.7. The minimum atomic E-state index is -1.46. The summed E-state index contributed by atoms with van der Waals surface area (Å²) < 4.78 is 0. The number of halogens is 1. The van der Waals surface area contributed by atoms with Crippen LogP contribution in [0.1, 0.15) is 49.3 Å². The maximum Gasteiger partial charge on any atom is 0.247 e. The Morgan fingerprint density at radius 1 is 1.10 bits per heavy atom. The molecule has 0 aliphatic heterocycles. The molecule has 6 nitrogen and oxygen atoms in total. The van der Waals surface area contributed by atoms with Gasteiger partial charge in [-0.25, -0.2) is 4.98 Å². The normalized spacial score (nSPS) is 12.3. The molecule has 3 rings (SSSR count). The van der Waals surface area contributed by atoms with Gasteiger partial charge in [0.15, 0.2) is 5.52 Å². The minimum Gasteiger partial charge on any atom is -0.353 e. The first kappa shape index (κ1) is 22.9. The van der Waals surface area contributed by atoms with Gasteiger partial charge in [0.05, 0.1) is 18.8 Å². The summed E-state index contributed by atoms with van der Waals surface area (Å²) in [6, 6.07) is 12.2. The molecular formula is C23H23ClN3O3P. The Morgan fingerprint density at radius 2 is 1.77 bits per heavy atom. The van der Waals surface area contributed by atoms with Crippen LogP contribution in [0.4, 0.5) is 5.69 Å². The number of anilines is 1. The topological polar surface area (TPSA) is 91.9 Å². The van der Waals surface area contributed by atoms with Crippen molar-refractivity contribution in [1.82, 2.24) is 9.97 Å². The van der Waals surface area contributed by atoms with E-state index < -0.39 is 13.9 Å². The van der Waals surface area contributed by atoms with Crippen LogP contribution in [0.25, 0.3) is 0 Å². The SMILES string of the molecule is CC(=O)P(Nc1cc(Cl)cnc1C(=O)c1ccc(=O)[nH]c1)c1ccc(C(C)(C)C)cc1. The lowest BCUT2D eigenvalue weighted by Crippen LogP contribution is -2.17. The van der Waals surface area contributed by atoms with Crippen molar-refractivity contribution >= 4 is 42.0 Å². The molecule has 0 aliphatic rings. The molecule has 2 N–H and O–H groups in total. The van der Waals surface area contributed by atoms with Crippen LogP contribution in [0.2, 0.25) is 5.02 Å². The lowest BCUT2D eigenvalue weighted by atomic mass is 9.87. The molecule has 0 bridgehead atoms. The fraction of sp³-hybridized carbons (Fsp3) is 0.217. The van der Waals surface area contributed by atoms with Crippen LogP contribution in [-0.4, -0.2) is 21.3 Å². The monoisotopic (exact) mass is 455 g/mol. The second-order valence-electron chi connectivity index (χ2n) is 8.08. The second-order valence-corrected chi connectivity index (χ2v) is 10.6. The van der Waals surface area contributed by atoms with Crippen molar-refractivity contribution in [2.24, 2.45) is 0 Å². The Labute approximate surface area is 186 Å². The Balaban J connectivity index is 1.98. The number of hydrogen-bond acceptors (Lipinski definition) is 5.